The molecule has 170 valence electrons. The Balaban J connectivity index is 1.42. The predicted octanol–water partition coefficient (Wildman–Crippen LogP) is 4.56. The first kappa shape index (κ1) is 21.5. The molecule has 4 heterocycles. The first-order valence-electron chi connectivity index (χ1n) is 11.8. The Morgan fingerprint density at radius 2 is 1.94 bits per heavy atom. The zero-order chi connectivity index (χ0) is 22.5. The zero-order valence-electron chi connectivity index (χ0n) is 18.7. The number of pyridine rings is 1. The Bertz CT molecular complexity index is 1070. The quantitative estimate of drug-likeness (QED) is 0.623. The minimum absolute atomic E-state index is 0.0826. The van der Waals surface area contributed by atoms with Gasteiger partial charge in [0.25, 0.3) is 5.91 Å². The maximum absolute atomic E-state index is 13.1. The summed E-state index contributed by atoms with van der Waals surface area (Å²) in [6.07, 6.45) is 8.08. The molecule has 0 bridgehead atoms. The molecule has 2 aliphatic heterocycles. The summed E-state index contributed by atoms with van der Waals surface area (Å²) in [7, 11) is 0. The average molecular weight is 444 g/mol. The van der Waals surface area contributed by atoms with Crippen LogP contribution in [-0.2, 0) is 9.53 Å². The second-order valence-corrected chi connectivity index (χ2v) is 8.71. The van der Waals surface area contributed by atoms with E-state index in [1.54, 1.807) is 6.20 Å². The first-order chi connectivity index (χ1) is 16.3. The van der Waals surface area contributed by atoms with Crippen LogP contribution in [0.3, 0.4) is 0 Å². The van der Waals surface area contributed by atoms with Gasteiger partial charge in [0.2, 0.25) is 0 Å². The Morgan fingerprint density at radius 3 is 2.73 bits per heavy atom. The Hall–Kier alpha value is -3.32. The summed E-state index contributed by atoms with van der Waals surface area (Å²) < 4.78 is 5.76. The summed E-state index contributed by atoms with van der Waals surface area (Å²) in [5.41, 5.74) is 2.73. The molecule has 5 rings (SSSR count). The van der Waals surface area contributed by atoms with E-state index in [2.05, 4.69) is 10.3 Å². The second-order valence-electron chi connectivity index (χ2n) is 8.71. The molecule has 1 aromatic carbocycles. The Kier molecular flexibility index (Phi) is 6.58. The van der Waals surface area contributed by atoms with Crippen molar-refractivity contribution in [3.05, 3.63) is 66.7 Å². The van der Waals surface area contributed by atoms with Gasteiger partial charge >= 0.3 is 0 Å². The third-order valence-electron chi connectivity index (χ3n) is 6.30. The van der Waals surface area contributed by atoms with Crippen LogP contribution in [0.25, 0.3) is 11.3 Å². The van der Waals surface area contributed by atoms with Crippen LogP contribution < -0.4 is 5.32 Å². The lowest BCUT2D eigenvalue weighted by Gasteiger charge is -2.35. The number of aromatic nitrogens is 3. The Labute approximate surface area is 194 Å². The van der Waals surface area contributed by atoms with E-state index in [9.17, 15) is 4.79 Å². The predicted molar refractivity (Wildman–Crippen MR) is 127 cm³/mol. The highest BCUT2D eigenvalue weighted by Crippen LogP contribution is 2.30. The van der Waals surface area contributed by atoms with Gasteiger partial charge in [0, 0.05) is 55.3 Å². The minimum atomic E-state index is -0.296. The largest absolute Gasteiger partial charge is 0.368 e. The molecule has 33 heavy (non-hydrogen) atoms. The molecule has 2 fully saturated rings. The maximum Gasteiger partial charge on any atom is 0.251 e. The molecule has 0 spiro atoms. The van der Waals surface area contributed by atoms with Crippen molar-refractivity contribution in [3.63, 3.8) is 0 Å². The lowest BCUT2D eigenvalue weighted by Crippen LogP contribution is -2.46. The number of carbonyl (C=O) groups is 1. The number of nitrogens with one attached hydrogen (secondary N) is 1. The van der Waals surface area contributed by atoms with Gasteiger partial charge in [-0.25, -0.2) is 9.97 Å². The van der Waals surface area contributed by atoms with Gasteiger partial charge in [0.05, 0.1) is 5.69 Å². The van der Waals surface area contributed by atoms with Crippen LogP contribution in [0.2, 0.25) is 0 Å². The number of anilines is 2. The standard InChI is InChI=1S/C26H29N5O2/c32-26(23-12-4-5-15-33-23)31-14-7-9-20(18-31)25-29-22(19-8-6-13-27-17-19)16-24(30-25)28-21-10-2-1-3-11-21/h1-3,6,8,10-11,13,16-17,20,23H,4-5,7,9,12,14-15,18H2,(H,28,29,30)/t20-,23+/m1/s1. The SMILES string of the molecule is O=C([C@@H]1CCCCO1)N1CCC[C@@H](c2nc(Nc3ccccc3)cc(-c3cccnc3)n2)C1. The van der Waals surface area contributed by atoms with Crippen molar-refractivity contribution in [2.45, 2.75) is 44.1 Å². The van der Waals surface area contributed by atoms with Crippen LogP contribution in [0.5, 0.6) is 0 Å². The molecule has 7 heteroatoms. The molecule has 0 radical (unpaired) electrons. The molecule has 2 aliphatic rings. The molecule has 3 aromatic rings. The van der Waals surface area contributed by atoms with Gasteiger partial charge < -0.3 is 15.0 Å². The number of likely N-dealkylation sites (tertiary alicyclic amines) is 1. The average Bonchev–Trinajstić information content (AvgIpc) is 2.90. The van der Waals surface area contributed by atoms with E-state index in [1.165, 1.54) is 0 Å². The number of carbonyl (C=O) groups excluding carboxylic acids is 1. The molecule has 7 nitrogen and oxygen atoms in total. The lowest BCUT2D eigenvalue weighted by atomic mass is 9.95. The van der Waals surface area contributed by atoms with Crippen molar-refractivity contribution in [2.75, 3.05) is 25.0 Å². The van der Waals surface area contributed by atoms with Crippen molar-refractivity contribution in [1.29, 1.82) is 0 Å². The van der Waals surface area contributed by atoms with E-state index in [4.69, 9.17) is 14.7 Å². The second kappa shape index (κ2) is 10.1. The van der Waals surface area contributed by atoms with E-state index in [-0.39, 0.29) is 17.9 Å². The van der Waals surface area contributed by atoms with Crippen LogP contribution in [-0.4, -0.2) is 51.6 Å². The summed E-state index contributed by atoms with van der Waals surface area (Å²) in [6.45, 7) is 2.07. The van der Waals surface area contributed by atoms with Crippen molar-refractivity contribution >= 4 is 17.4 Å². The summed E-state index contributed by atoms with van der Waals surface area (Å²) in [5, 5.41) is 3.41. The zero-order valence-corrected chi connectivity index (χ0v) is 18.7. The van der Waals surface area contributed by atoms with Crippen LogP contribution in [0.15, 0.2) is 60.9 Å². The van der Waals surface area contributed by atoms with Gasteiger partial charge in [0.1, 0.15) is 17.7 Å². The normalized spacial score (nSPS) is 20.9. The topological polar surface area (TPSA) is 80.2 Å². The Morgan fingerprint density at radius 1 is 1.03 bits per heavy atom. The molecule has 2 atom stereocenters. The first-order valence-corrected chi connectivity index (χ1v) is 11.8. The summed E-state index contributed by atoms with van der Waals surface area (Å²) in [4.78, 5) is 29.1. The fourth-order valence-electron chi connectivity index (χ4n) is 4.57. The fraction of sp³-hybridized carbons (Fsp3) is 0.385. The highest BCUT2D eigenvalue weighted by Gasteiger charge is 2.32. The van der Waals surface area contributed by atoms with Crippen molar-refractivity contribution in [1.82, 2.24) is 19.9 Å². The van der Waals surface area contributed by atoms with Crippen molar-refractivity contribution in [3.8, 4) is 11.3 Å². The van der Waals surface area contributed by atoms with Gasteiger partial charge in [0.15, 0.2) is 0 Å². The molecule has 2 aromatic heterocycles. The lowest BCUT2D eigenvalue weighted by molar-refractivity contribution is -0.147. The number of rotatable bonds is 5. The van der Waals surface area contributed by atoms with Gasteiger partial charge in [-0.3, -0.25) is 9.78 Å². The third-order valence-corrected chi connectivity index (χ3v) is 6.30. The van der Waals surface area contributed by atoms with E-state index >= 15 is 0 Å². The molecular formula is C26H29N5O2. The third kappa shape index (κ3) is 5.20. The maximum atomic E-state index is 13.1. The number of ether oxygens (including phenoxy) is 1. The minimum Gasteiger partial charge on any atom is -0.368 e. The highest BCUT2D eigenvalue weighted by molar-refractivity contribution is 5.81. The smallest absolute Gasteiger partial charge is 0.251 e. The van der Waals surface area contributed by atoms with E-state index in [0.29, 0.717) is 13.2 Å². The molecule has 2 saturated heterocycles. The van der Waals surface area contributed by atoms with Crippen LogP contribution in [0, 0.1) is 0 Å². The van der Waals surface area contributed by atoms with Gasteiger partial charge in [-0.2, -0.15) is 0 Å². The number of piperidine rings is 1. The van der Waals surface area contributed by atoms with Crippen LogP contribution in [0.1, 0.15) is 43.8 Å². The summed E-state index contributed by atoms with van der Waals surface area (Å²) >= 11 is 0. The number of amides is 1. The number of nitrogens with zero attached hydrogens (tertiary/aromatic N) is 4. The molecule has 0 unspecified atom stereocenters. The molecule has 0 saturated carbocycles. The fourth-order valence-corrected chi connectivity index (χ4v) is 4.57. The number of hydrogen-bond donors (Lipinski definition) is 1. The van der Waals surface area contributed by atoms with Gasteiger partial charge in [-0.1, -0.05) is 18.2 Å². The summed E-state index contributed by atoms with van der Waals surface area (Å²) in [6, 6.07) is 15.9. The van der Waals surface area contributed by atoms with Crippen LogP contribution in [0.4, 0.5) is 11.5 Å². The van der Waals surface area contributed by atoms with Crippen molar-refractivity contribution < 1.29 is 9.53 Å². The number of hydrogen-bond acceptors (Lipinski definition) is 6. The molecular weight excluding hydrogens is 414 g/mol. The molecule has 1 N–H and O–H groups in total. The van der Waals surface area contributed by atoms with E-state index < -0.39 is 0 Å². The van der Waals surface area contributed by atoms with Gasteiger partial charge in [-0.05, 0) is 56.4 Å². The number of benzene rings is 1. The highest BCUT2D eigenvalue weighted by atomic mass is 16.5. The van der Waals surface area contributed by atoms with Crippen LogP contribution >= 0.6 is 0 Å². The molecule has 0 aliphatic carbocycles. The van der Waals surface area contributed by atoms with Gasteiger partial charge in [-0.15, -0.1) is 0 Å². The molecule has 1 amide bonds. The van der Waals surface area contributed by atoms with E-state index in [0.717, 1.165) is 67.2 Å². The monoisotopic (exact) mass is 443 g/mol. The van der Waals surface area contributed by atoms with E-state index in [1.807, 2.05) is 59.6 Å². The number of para-hydroxylation sites is 1. The summed E-state index contributed by atoms with van der Waals surface area (Å²) in [5.74, 6) is 1.70. The van der Waals surface area contributed by atoms with Crippen molar-refractivity contribution in [2.24, 2.45) is 0 Å².